The molecule has 0 aliphatic heterocycles. The Labute approximate surface area is 242 Å². The minimum atomic E-state index is -4.42. The lowest BCUT2D eigenvalue weighted by Gasteiger charge is -2.34. The highest BCUT2D eigenvalue weighted by molar-refractivity contribution is 7.87. The second-order valence-electron chi connectivity index (χ2n) is 13.5. The maximum atomic E-state index is 14.8. The third-order valence-electron chi connectivity index (χ3n) is 11.4. The van der Waals surface area contributed by atoms with Gasteiger partial charge in [-0.2, -0.15) is 16.8 Å². The SMILES string of the molecule is O=S(=O)(O)c1ccc(OS(=O)(=O)c2c(C3CC4CCC3C4)cc3ccccc3c2C23CCC(CC2)C3)c2c1CCC2. The van der Waals surface area contributed by atoms with Crippen molar-refractivity contribution in [1.82, 2.24) is 0 Å². The highest BCUT2D eigenvalue weighted by Gasteiger charge is 2.51. The van der Waals surface area contributed by atoms with Crippen LogP contribution in [0.25, 0.3) is 10.8 Å². The van der Waals surface area contributed by atoms with Gasteiger partial charge in [0.15, 0.2) is 0 Å². The molecule has 41 heavy (non-hydrogen) atoms. The summed E-state index contributed by atoms with van der Waals surface area (Å²) >= 11 is 0. The van der Waals surface area contributed by atoms with Crippen molar-refractivity contribution in [3.05, 3.63) is 64.7 Å². The molecule has 0 aromatic heterocycles. The van der Waals surface area contributed by atoms with Gasteiger partial charge >= 0.3 is 10.1 Å². The molecule has 0 radical (unpaired) electrons. The van der Waals surface area contributed by atoms with Crippen molar-refractivity contribution in [2.24, 2.45) is 17.8 Å². The maximum absolute atomic E-state index is 14.8. The van der Waals surface area contributed by atoms with Crippen molar-refractivity contribution in [2.75, 3.05) is 0 Å². The largest absolute Gasteiger partial charge is 0.379 e. The van der Waals surface area contributed by atoms with Crippen LogP contribution in [-0.4, -0.2) is 21.4 Å². The normalized spacial score (nSPS) is 30.4. The van der Waals surface area contributed by atoms with E-state index in [1.807, 2.05) is 12.1 Å². The number of rotatable bonds is 6. The van der Waals surface area contributed by atoms with E-state index in [0.717, 1.165) is 66.8 Å². The topological polar surface area (TPSA) is 97.7 Å². The lowest BCUT2D eigenvalue weighted by molar-refractivity contribution is 0.396. The second-order valence-corrected chi connectivity index (χ2v) is 16.4. The fourth-order valence-electron chi connectivity index (χ4n) is 9.71. The van der Waals surface area contributed by atoms with Crippen molar-refractivity contribution >= 4 is 31.0 Å². The third kappa shape index (κ3) is 4.04. The molecular formula is C33H36O6S2. The van der Waals surface area contributed by atoms with E-state index in [9.17, 15) is 21.4 Å². The van der Waals surface area contributed by atoms with E-state index < -0.39 is 20.2 Å². The van der Waals surface area contributed by atoms with E-state index in [4.69, 9.17) is 4.18 Å². The van der Waals surface area contributed by atoms with E-state index in [1.165, 1.54) is 25.0 Å². The van der Waals surface area contributed by atoms with Crippen molar-refractivity contribution in [3.63, 3.8) is 0 Å². The van der Waals surface area contributed by atoms with Crippen LogP contribution in [0.15, 0.2) is 52.3 Å². The molecule has 4 bridgehead atoms. The van der Waals surface area contributed by atoms with Gasteiger partial charge in [0.2, 0.25) is 0 Å². The van der Waals surface area contributed by atoms with Gasteiger partial charge in [0.05, 0.1) is 4.90 Å². The highest BCUT2D eigenvalue weighted by Crippen LogP contribution is 2.61. The van der Waals surface area contributed by atoms with Gasteiger partial charge in [0.25, 0.3) is 10.1 Å². The molecule has 6 nitrogen and oxygen atoms in total. The standard InChI is InChI=1S/C33H36O6S2/c34-40(35,36)30-11-10-29(25-6-3-7-26(25)30)39-41(37,38)32-28(27-17-21-8-9-23(27)16-21)18-22-4-1-2-5-24(22)31(32)33-14-12-20(19-33)13-15-33/h1-2,4-5,10-11,18,20-21,23,27H,3,6-9,12-17,19H2,(H,34,35,36). The van der Waals surface area contributed by atoms with Crippen LogP contribution in [0.3, 0.4) is 0 Å². The molecule has 4 saturated carbocycles. The summed E-state index contributed by atoms with van der Waals surface area (Å²) in [6.07, 6.45) is 11.5. The van der Waals surface area contributed by atoms with Crippen LogP contribution in [0.2, 0.25) is 0 Å². The summed E-state index contributed by atoms with van der Waals surface area (Å²) in [5, 5.41) is 2.14. The Hall–Kier alpha value is -2.42. The summed E-state index contributed by atoms with van der Waals surface area (Å²) in [6, 6.07) is 13.1. The van der Waals surface area contributed by atoms with E-state index >= 15 is 0 Å². The summed E-state index contributed by atoms with van der Waals surface area (Å²) in [7, 11) is -8.69. The van der Waals surface area contributed by atoms with Gasteiger partial charge in [0, 0.05) is 5.56 Å². The molecule has 3 aromatic rings. The van der Waals surface area contributed by atoms with Crippen LogP contribution in [0.4, 0.5) is 0 Å². The van der Waals surface area contributed by atoms with E-state index in [2.05, 4.69) is 18.2 Å². The van der Waals surface area contributed by atoms with Crippen LogP contribution in [-0.2, 0) is 38.5 Å². The molecule has 216 valence electrons. The summed E-state index contributed by atoms with van der Waals surface area (Å²) in [6.45, 7) is 0. The van der Waals surface area contributed by atoms with Crippen LogP contribution < -0.4 is 4.18 Å². The highest BCUT2D eigenvalue weighted by atomic mass is 32.2. The van der Waals surface area contributed by atoms with Crippen molar-refractivity contribution in [1.29, 1.82) is 0 Å². The van der Waals surface area contributed by atoms with E-state index in [1.54, 1.807) is 0 Å². The lowest BCUT2D eigenvalue weighted by Crippen LogP contribution is -2.27. The van der Waals surface area contributed by atoms with Gasteiger partial charge in [-0.25, -0.2) is 0 Å². The molecule has 3 unspecified atom stereocenters. The van der Waals surface area contributed by atoms with Gasteiger partial charge in [-0.05, 0) is 145 Å². The molecular weight excluding hydrogens is 556 g/mol. The lowest BCUT2D eigenvalue weighted by atomic mass is 9.73. The quantitative estimate of drug-likeness (QED) is 0.243. The van der Waals surface area contributed by atoms with Gasteiger partial charge in [-0.3, -0.25) is 4.55 Å². The van der Waals surface area contributed by atoms with Crippen molar-refractivity contribution < 1.29 is 25.6 Å². The number of benzene rings is 3. The first-order chi connectivity index (χ1) is 19.6. The molecule has 5 aliphatic carbocycles. The molecule has 0 saturated heterocycles. The second kappa shape index (κ2) is 9.04. The van der Waals surface area contributed by atoms with E-state index in [0.29, 0.717) is 53.0 Å². The zero-order chi connectivity index (χ0) is 28.1. The Morgan fingerprint density at radius 2 is 1.63 bits per heavy atom. The first-order valence-electron chi connectivity index (χ1n) is 15.3. The Balaban J connectivity index is 1.35. The Morgan fingerprint density at radius 1 is 0.854 bits per heavy atom. The predicted octanol–water partition coefficient (Wildman–Crippen LogP) is 7.08. The van der Waals surface area contributed by atoms with Crippen LogP contribution in [0.1, 0.15) is 92.4 Å². The van der Waals surface area contributed by atoms with Gasteiger partial charge in [-0.1, -0.05) is 30.7 Å². The fraction of sp³-hybridized carbons (Fsp3) is 0.515. The third-order valence-corrected chi connectivity index (χ3v) is 13.6. The Bertz CT molecular complexity index is 1800. The molecule has 8 rings (SSSR count). The summed E-state index contributed by atoms with van der Waals surface area (Å²) in [5.41, 5.74) is 2.79. The van der Waals surface area contributed by atoms with Crippen molar-refractivity contribution in [2.45, 2.75) is 98.2 Å². The zero-order valence-corrected chi connectivity index (χ0v) is 24.8. The molecule has 0 spiro atoms. The van der Waals surface area contributed by atoms with E-state index in [-0.39, 0.29) is 22.0 Å². The number of fused-ring (bicyclic) bond motifs is 6. The van der Waals surface area contributed by atoms with Crippen LogP contribution in [0, 0.1) is 17.8 Å². The summed E-state index contributed by atoms with van der Waals surface area (Å²) in [4.78, 5) is 0.243. The minimum Gasteiger partial charge on any atom is -0.379 e. The fourth-order valence-corrected chi connectivity index (χ4v) is 12.0. The average molecular weight is 593 g/mol. The first-order valence-corrected chi connectivity index (χ1v) is 18.1. The Morgan fingerprint density at radius 3 is 2.32 bits per heavy atom. The minimum absolute atomic E-state index is 0.148. The van der Waals surface area contributed by atoms with Gasteiger partial charge in [-0.15, -0.1) is 0 Å². The molecule has 4 fully saturated rings. The molecule has 3 atom stereocenters. The molecule has 0 heterocycles. The maximum Gasteiger partial charge on any atom is 0.339 e. The van der Waals surface area contributed by atoms with Gasteiger partial charge in [0.1, 0.15) is 10.6 Å². The first kappa shape index (κ1) is 26.2. The molecule has 1 N–H and O–H groups in total. The van der Waals surface area contributed by atoms with Crippen LogP contribution in [0.5, 0.6) is 5.75 Å². The predicted molar refractivity (Wildman–Crippen MR) is 156 cm³/mol. The summed E-state index contributed by atoms with van der Waals surface area (Å²) < 4.78 is 69.6. The summed E-state index contributed by atoms with van der Waals surface area (Å²) in [5.74, 6) is 2.20. The molecule has 8 heteroatoms. The number of hydrogen-bond donors (Lipinski definition) is 1. The molecule has 5 aliphatic rings. The molecule has 0 amide bonds. The van der Waals surface area contributed by atoms with Crippen LogP contribution >= 0.6 is 0 Å². The zero-order valence-electron chi connectivity index (χ0n) is 23.1. The Kier molecular flexibility index (Phi) is 5.78. The average Bonchev–Trinajstić information content (AvgIpc) is 3.78. The smallest absolute Gasteiger partial charge is 0.339 e. The monoisotopic (exact) mass is 592 g/mol. The van der Waals surface area contributed by atoms with Crippen molar-refractivity contribution in [3.8, 4) is 5.75 Å². The van der Waals surface area contributed by atoms with Gasteiger partial charge < -0.3 is 4.18 Å². The molecule has 3 aromatic carbocycles. The number of hydrogen-bond acceptors (Lipinski definition) is 5.